The Balaban J connectivity index is 1.66. The fourth-order valence-electron chi connectivity index (χ4n) is 5.18. The number of rotatable bonds is 7. The Hall–Kier alpha value is -3.07. The van der Waals surface area contributed by atoms with Gasteiger partial charge in [0, 0.05) is 18.8 Å². The molecule has 37 heavy (non-hydrogen) atoms. The molecule has 3 heterocycles. The van der Waals surface area contributed by atoms with E-state index in [4.69, 9.17) is 14.5 Å². The maximum absolute atomic E-state index is 13.5. The number of methoxy groups -OCH3 is 1. The van der Waals surface area contributed by atoms with Gasteiger partial charge in [0.25, 0.3) is 0 Å². The van der Waals surface area contributed by atoms with E-state index in [0.717, 1.165) is 40.4 Å². The van der Waals surface area contributed by atoms with Crippen molar-refractivity contribution in [3.8, 4) is 0 Å². The first-order chi connectivity index (χ1) is 17.8. The van der Waals surface area contributed by atoms with Crippen molar-refractivity contribution in [3.05, 3.63) is 57.3 Å². The lowest BCUT2D eigenvalue weighted by atomic mass is 9.89. The Morgan fingerprint density at radius 2 is 1.97 bits per heavy atom. The number of carbonyl (C=O) groups excluding carboxylic acids is 3. The maximum atomic E-state index is 13.5. The number of hydrogen-bond acceptors (Lipinski definition) is 8. The number of likely N-dealkylation sites (tertiary alicyclic amines) is 1. The van der Waals surface area contributed by atoms with Gasteiger partial charge in [0.2, 0.25) is 5.91 Å². The molecule has 4 rings (SSSR count). The minimum Gasteiger partial charge on any atom is -0.466 e. The van der Waals surface area contributed by atoms with Gasteiger partial charge in [0.1, 0.15) is 0 Å². The lowest BCUT2D eigenvalue weighted by Crippen LogP contribution is -2.44. The topological polar surface area (TPSA) is 88.5 Å². The minimum absolute atomic E-state index is 0.0494. The van der Waals surface area contributed by atoms with Crippen LogP contribution in [-0.4, -0.2) is 59.6 Å². The predicted octanol–water partition coefficient (Wildman–Crippen LogP) is 4.63. The van der Waals surface area contributed by atoms with Crippen molar-refractivity contribution in [1.29, 1.82) is 0 Å². The van der Waals surface area contributed by atoms with Gasteiger partial charge in [-0.1, -0.05) is 42.4 Å². The average molecular weight is 526 g/mol. The van der Waals surface area contributed by atoms with Crippen LogP contribution >= 0.6 is 11.8 Å². The number of allylic oxidation sites excluding steroid dienone is 1. The van der Waals surface area contributed by atoms with Gasteiger partial charge in [-0.05, 0) is 56.6 Å². The minimum atomic E-state index is -0.447. The van der Waals surface area contributed by atoms with Crippen LogP contribution in [0.3, 0.4) is 0 Å². The highest BCUT2D eigenvalue weighted by molar-refractivity contribution is 8.16. The van der Waals surface area contributed by atoms with E-state index in [2.05, 4.69) is 12.1 Å². The molecule has 0 unspecified atom stereocenters. The van der Waals surface area contributed by atoms with Gasteiger partial charge in [0.05, 0.1) is 43.4 Å². The van der Waals surface area contributed by atoms with Crippen molar-refractivity contribution in [2.45, 2.75) is 59.4 Å². The van der Waals surface area contributed by atoms with E-state index in [1.807, 2.05) is 37.1 Å². The van der Waals surface area contributed by atoms with Gasteiger partial charge in [-0.2, -0.15) is 0 Å². The fraction of sp³-hybridized carbons (Fsp3) is 0.500. The Labute approximate surface area is 222 Å². The highest BCUT2D eigenvalue weighted by atomic mass is 32.2. The standard InChI is InChI=1S/C28H35N3O5S/c1-6-22-24(27(34)35-5)25(21-13-17(3)10-11-18(21)4)31-20(16-37-28(31)29-22)14-23(32)30-12-8-9-19(15-30)26(33)36-7-2/h10-11,13,16,19,25H,6-9,12,14-15H2,1-5H3/t19-,25-/m0/s1. The number of fused-ring (bicyclic) bond motifs is 1. The SMILES string of the molecule is CCOC(=O)[C@H]1CCCN(C(=O)CC2=CSC3=NC(CC)=C(C(=O)OC)[C@H](c4cc(C)ccc4C)N23)C1. The number of amides is 1. The summed E-state index contributed by atoms with van der Waals surface area (Å²) in [5.41, 5.74) is 5.10. The Morgan fingerprint density at radius 1 is 1.19 bits per heavy atom. The van der Waals surface area contributed by atoms with Crippen LogP contribution in [0.5, 0.6) is 0 Å². The third-order valence-corrected chi connectivity index (χ3v) is 7.97. The van der Waals surface area contributed by atoms with E-state index in [1.165, 1.54) is 18.9 Å². The molecule has 0 N–H and O–H groups in total. The van der Waals surface area contributed by atoms with Crippen LogP contribution in [0.2, 0.25) is 0 Å². The van der Waals surface area contributed by atoms with Crippen LogP contribution in [0.25, 0.3) is 0 Å². The van der Waals surface area contributed by atoms with Crippen LogP contribution < -0.4 is 0 Å². The Morgan fingerprint density at radius 3 is 2.68 bits per heavy atom. The van der Waals surface area contributed by atoms with E-state index in [1.54, 1.807) is 11.8 Å². The zero-order valence-electron chi connectivity index (χ0n) is 22.2. The number of aliphatic imine (C=N–C) groups is 1. The second-order valence-electron chi connectivity index (χ2n) is 9.57. The van der Waals surface area contributed by atoms with Crippen molar-refractivity contribution in [2.24, 2.45) is 10.9 Å². The molecule has 1 aromatic rings. The molecule has 0 bridgehead atoms. The van der Waals surface area contributed by atoms with E-state index >= 15 is 0 Å². The lowest BCUT2D eigenvalue weighted by Gasteiger charge is -2.38. The third-order valence-electron chi connectivity index (χ3n) is 7.08. The quantitative estimate of drug-likeness (QED) is 0.480. The monoisotopic (exact) mass is 525 g/mol. The second-order valence-corrected chi connectivity index (χ2v) is 10.4. The number of ether oxygens (including phenoxy) is 2. The number of carbonyl (C=O) groups is 3. The summed E-state index contributed by atoms with van der Waals surface area (Å²) in [6.07, 6.45) is 2.23. The molecule has 0 radical (unpaired) electrons. The van der Waals surface area contributed by atoms with Crippen LogP contribution in [0.15, 0.2) is 45.6 Å². The number of nitrogens with zero attached hydrogens (tertiary/aromatic N) is 3. The van der Waals surface area contributed by atoms with Crippen LogP contribution in [0.4, 0.5) is 0 Å². The van der Waals surface area contributed by atoms with Gasteiger partial charge in [-0.25, -0.2) is 9.79 Å². The smallest absolute Gasteiger partial charge is 0.338 e. The van der Waals surface area contributed by atoms with E-state index in [0.29, 0.717) is 37.4 Å². The second kappa shape index (κ2) is 11.5. The molecule has 3 aliphatic heterocycles. The summed E-state index contributed by atoms with van der Waals surface area (Å²) in [4.78, 5) is 47.5. The predicted molar refractivity (Wildman–Crippen MR) is 143 cm³/mol. The summed E-state index contributed by atoms with van der Waals surface area (Å²) in [5.74, 6) is -0.996. The first kappa shape index (κ1) is 27.0. The summed E-state index contributed by atoms with van der Waals surface area (Å²) in [7, 11) is 1.39. The molecule has 1 aromatic carbocycles. The molecule has 0 aromatic heterocycles. The molecule has 8 nitrogen and oxygen atoms in total. The molecule has 1 amide bonds. The van der Waals surface area contributed by atoms with Gasteiger partial charge in [0.15, 0.2) is 5.17 Å². The molecule has 1 saturated heterocycles. The Bertz CT molecular complexity index is 1190. The summed E-state index contributed by atoms with van der Waals surface area (Å²) in [6, 6.07) is 5.75. The number of thioether (sulfide) groups is 1. The summed E-state index contributed by atoms with van der Waals surface area (Å²) in [5, 5.41) is 2.70. The molecule has 9 heteroatoms. The number of benzene rings is 1. The van der Waals surface area contributed by atoms with Gasteiger partial charge < -0.3 is 19.3 Å². The van der Waals surface area contributed by atoms with Crippen LogP contribution in [-0.2, 0) is 23.9 Å². The van der Waals surface area contributed by atoms with Gasteiger partial charge >= 0.3 is 11.9 Å². The highest BCUT2D eigenvalue weighted by Crippen LogP contribution is 2.46. The average Bonchev–Trinajstić information content (AvgIpc) is 3.30. The summed E-state index contributed by atoms with van der Waals surface area (Å²) < 4.78 is 10.4. The van der Waals surface area contributed by atoms with Gasteiger partial charge in [-0.3, -0.25) is 9.59 Å². The summed E-state index contributed by atoms with van der Waals surface area (Å²) >= 11 is 1.47. The zero-order valence-corrected chi connectivity index (χ0v) is 23.0. The molecular formula is C28H35N3O5S. The number of amidine groups is 1. The zero-order chi connectivity index (χ0) is 26.7. The third kappa shape index (κ3) is 5.46. The molecule has 0 spiro atoms. The normalized spacial score (nSPS) is 21.3. The molecule has 0 aliphatic carbocycles. The molecule has 0 saturated carbocycles. The molecular weight excluding hydrogens is 490 g/mol. The first-order valence-corrected chi connectivity index (χ1v) is 13.7. The van der Waals surface area contributed by atoms with E-state index in [-0.39, 0.29) is 24.2 Å². The first-order valence-electron chi connectivity index (χ1n) is 12.9. The van der Waals surface area contributed by atoms with E-state index < -0.39 is 12.0 Å². The molecule has 198 valence electrons. The Kier molecular flexibility index (Phi) is 8.42. The van der Waals surface area contributed by atoms with Crippen LogP contribution in [0, 0.1) is 19.8 Å². The van der Waals surface area contributed by atoms with Crippen molar-refractivity contribution in [3.63, 3.8) is 0 Å². The highest BCUT2D eigenvalue weighted by Gasteiger charge is 2.42. The molecule has 1 fully saturated rings. The van der Waals surface area contributed by atoms with Crippen molar-refractivity contribution < 1.29 is 23.9 Å². The van der Waals surface area contributed by atoms with Crippen molar-refractivity contribution >= 4 is 34.8 Å². The van der Waals surface area contributed by atoms with E-state index in [9.17, 15) is 14.4 Å². The largest absolute Gasteiger partial charge is 0.466 e. The molecule has 2 atom stereocenters. The fourth-order valence-corrected chi connectivity index (χ4v) is 6.12. The van der Waals surface area contributed by atoms with Crippen molar-refractivity contribution in [1.82, 2.24) is 9.80 Å². The lowest BCUT2D eigenvalue weighted by molar-refractivity contribution is -0.151. The van der Waals surface area contributed by atoms with Gasteiger partial charge in [-0.15, -0.1) is 0 Å². The van der Waals surface area contributed by atoms with Crippen LogP contribution in [0.1, 0.15) is 62.3 Å². The number of hydrogen-bond donors (Lipinski definition) is 0. The van der Waals surface area contributed by atoms with Crippen molar-refractivity contribution in [2.75, 3.05) is 26.8 Å². The number of aryl methyl sites for hydroxylation is 2. The number of piperidine rings is 1. The number of esters is 2. The summed E-state index contributed by atoms with van der Waals surface area (Å²) in [6.45, 7) is 9.14. The molecule has 3 aliphatic rings. The maximum Gasteiger partial charge on any atom is 0.338 e.